The molecule has 0 spiro atoms. The van der Waals surface area contributed by atoms with E-state index in [0.29, 0.717) is 6.42 Å². The Labute approximate surface area is 123 Å². The second kappa shape index (κ2) is 5.75. The molecular weight excluding hydrogens is 268 g/mol. The summed E-state index contributed by atoms with van der Waals surface area (Å²) in [6.07, 6.45) is 6.28. The maximum atomic E-state index is 12.5. The van der Waals surface area contributed by atoms with Crippen LogP contribution in [-0.4, -0.2) is 22.3 Å². The Morgan fingerprint density at radius 2 is 2.15 bits per heavy atom. The molecule has 3 nitrogen and oxygen atoms in total. The quantitative estimate of drug-likeness (QED) is 0.867. The van der Waals surface area contributed by atoms with Gasteiger partial charge in [-0.05, 0) is 49.6 Å². The van der Waals surface area contributed by atoms with Gasteiger partial charge >= 0.3 is 0 Å². The third kappa shape index (κ3) is 2.75. The normalized spacial score (nSPS) is 18.4. The van der Waals surface area contributed by atoms with Crippen LogP contribution in [0.4, 0.5) is 0 Å². The fourth-order valence-electron chi connectivity index (χ4n) is 2.83. The van der Waals surface area contributed by atoms with E-state index in [1.165, 1.54) is 10.4 Å². The zero-order valence-corrected chi connectivity index (χ0v) is 12.4. The average molecular weight is 286 g/mol. The lowest BCUT2D eigenvalue weighted by molar-refractivity contribution is -0.131. The van der Waals surface area contributed by atoms with Gasteiger partial charge in [0.15, 0.2) is 0 Å². The maximum absolute atomic E-state index is 12.5. The van der Waals surface area contributed by atoms with Crippen LogP contribution in [0, 0.1) is 6.92 Å². The molecule has 3 rings (SSSR count). The van der Waals surface area contributed by atoms with Crippen molar-refractivity contribution in [3.8, 4) is 0 Å². The number of hydrogen-bond acceptors (Lipinski definition) is 3. The van der Waals surface area contributed by atoms with Crippen molar-refractivity contribution in [2.75, 3.05) is 6.54 Å². The standard InChI is InChI=1S/C16H18N2OS/c1-12-4-5-14(20-12)11-16(19)18-10-2-3-15(18)13-6-8-17-9-7-13/h4-9,15H,2-3,10-11H2,1H3. The largest absolute Gasteiger partial charge is 0.335 e. The van der Waals surface area contributed by atoms with Gasteiger partial charge < -0.3 is 4.90 Å². The van der Waals surface area contributed by atoms with Gasteiger partial charge in [0.05, 0.1) is 12.5 Å². The summed E-state index contributed by atoms with van der Waals surface area (Å²) in [5, 5.41) is 0. The summed E-state index contributed by atoms with van der Waals surface area (Å²) < 4.78 is 0. The Morgan fingerprint density at radius 1 is 1.35 bits per heavy atom. The summed E-state index contributed by atoms with van der Waals surface area (Å²) in [4.78, 5) is 21.0. The predicted molar refractivity (Wildman–Crippen MR) is 80.7 cm³/mol. The van der Waals surface area contributed by atoms with Gasteiger partial charge in [-0.25, -0.2) is 0 Å². The topological polar surface area (TPSA) is 33.2 Å². The Balaban J connectivity index is 1.73. The Bertz CT molecular complexity index is 594. The van der Waals surface area contributed by atoms with Crippen molar-refractivity contribution in [2.45, 2.75) is 32.2 Å². The van der Waals surface area contributed by atoms with Crippen LogP contribution in [0.1, 0.15) is 34.2 Å². The van der Waals surface area contributed by atoms with Gasteiger partial charge in [-0.2, -0.15) is 0 Å². The first kappa shape index (κ1) is 13.3. The number of rotatable bonds is 3. The molecular formula is C16H18N2OS. The summed E-state index contributed by atoms with van der Waals surface area (Å²) in [6.45, 7) is 2.95. The molecule has 0 N–H and O–H groups in total. The highest BCUT2D eigenvalue weighted by Crippen LogP contribution is 2.32. The first-order valence-electron chi connectivity index (χ1n) is 6.99. The van der Waals surface area contributed by atoms with Crippen molar-refractivity contribution < 1.29 is 4.79 Å². The fraction of sp³-hybridized carbons (Fsp3) is 0.375. The molecule has 0 aliphatic carbocycles. The lowest BCUT2D eigenvalue weighted by Gasteiger charge is -2.24. The molecule has 0 radical (unpaired) electrons. The summed E-state index contributed by atoms with van der Waals surface area (Å²) in [6, 6.07) is 8.41. The Hall–Kier alpha value is -1.68. The van der Waals surface area contributed by atoms with Crippen LogP contribution in [-0.2, 0) is 11.2 Å². The van der Waals surface area contributed by atoms with Gasteiger partial charge in [-0.15, -0.1) is 11.3 Å². The minimum atomic E-state index is 0.228. The van der Waals surface area contributed by atoms with Gasteiger partial charge in [-0.1, -0.05) is 0 Å². The highest BCUT2D eigenvalue weighted by Gasteiger charge is 2.29. The molecule has 3 heterocycles. The highest BCUT2D eigenvalue weighted by atomic mass is 32.1. The second-order valence-electron chi connectivity index (χ2n) is 5.21. The van der Waals surface area contributed by atoms with Crippen LogP contribution in [0.15, 0.2) is 36.7 Å². The molecule has 2 aromatic heterocycles. The number of aryl methyl sites for hydroxylation is 1. The van der Waals surface area contributed by atoms with E-state index in [-0.39, 0.29) is 11.9 Å². The van der Waals surface area contributed by atoms with Crippen LogP contribution >= 0.6 is 11.3 Å². The van der Waals surface area contributed by atoms with E-state index in [1.807, 2.05) is 17.0 Å². The molecule has 1 atom stereocenters. The van der Waals surface area contributed by atoms with Crippen molar-refractivity contribution in [1.29, 1.82) is 0 Å². The monoisotopic (exact) mass is 286 g/mol. The van der Waals surface area contributed by atoms with E-state index in [1.54, 1.807) is 23.7 Å². The van der Waals surface area contributed by atoms with Gasteiger partial charge in [0.25, 0.3) is 0 Å². The van der Waals surface area contributed by atoms with Crippen LogP contribution in [0.2, 0.25) is 0 Å². The van der Waals surface area contributed by atoms with Crippen molar-refractivity contribution in [3.05, 3.63) is 52.0 Å². The number of carbonyl (C=O) groups is 1. The number of aromatic nitrogens is 1. The molecule has 0 saturated carbocycles. The number of likely N-dealkylation sites (tertiary alicyclic amines) is 1. The first-order valence-corrected chi connectivity index (χ1v) is 7.80. The molecule has 1 amide bonds. The van der Waals surface area contributed by atoms with Crippen LogP contribution in [0.25, 0.3) is 0 Å². The Kier molecular flexibility index (Phi) is 3.83. The summed E-state index contributed by atoms with van der Waals surface area (Å²) in [5.41, 5.74) is 1.20. The molecule has 1 saturated heterocycles. The smallest absolute Gasteiger partial charge is 0.228 e. The zero-order chi connectivity index (χ0) is 13.9. The Morgan fingerprint density at radius 3 is 2.85 bits per heavy atom. The predicted octanol–water partition coefficient (Wildman–Crippen LogP) is 3.36. The lowest BCUT2D eigenvalue weighted by atomic mass is 10.1. The van der Waals surface area contributed by atoms with Crippen LogP contribution < -0.4 is 0 Å². The van der Waals surface area contributed by atoms with Crippen molar-refractivity contribution >= 4 is 17.2 Å². The van der Waals surface area contributed by atoms with E-state index in [9.17, 15) is 4.79 Å². The molecule has 1 aliphatic heterocycles. The molecule has 1 fully saturated rings. The third-order valence-corrected chi connectivity index (χ3v) is 4.79. The maximum Gasteiger partial charge on any atom is 0.228 e. The SMILES string of the molecule is Cc1ccc(CC(=O)N2CCCC2c2ccncc2)s1. The molecule has 2 aromatic rings. The zero-order valence-electron chi connectivity index (χ0n) is 11.6. The molecule has 0 aromatic carbocycles. The number of hydrogen-bond donors (Lipinski definition) is 0. The number of pyridine rings is 1. The van der Waals surface area contributed by atoms with Crippen molar-refractivity contribution in [3.63, 3.8) is 0 Å². The highest BCUT2D eigenvalue weighted by molar-refractivity contribution is 7.12. The van der Waals surface area contributed by atoms with Gasteiger partial charge in [0, 0.05) is 28.7 Å². The number of nitrogens with zero attached hydrogens (tertiary/aromatic N) is 2. The summed E-state index contributed by atoms with van der Waals surface area (Å²) in [5.74, 6) is 0.242. The molecule has 20 heavy (non-hydrogen) atoms. The first-order chi connectivity index (χ1) is 9.74. The van der Waals surface area contributed by atoms with Gasteiger partial charge in [0.2, 0.25) is 5.91 Å². The molecule has 1 aliphatic rings. The average Bonchev–Trinajstić information content (AvgIpc) is 3.09. The fourth-order valence-corrected chi connectivity index (χ4v) is 3.71. The summed E-state index contributed by atoms with van der Waals surface area (Å²) >= 11 is 1.71. The minimum Gasteiger partial charge on any atom is -0.335 e. The third-order valence-electron chi connectivity index (χ3n) is 3.79. The van der Waals surface area contributed by atoms with E-state index < -0.39 is 0 Å². The van der Waals surface area contributed by atoms with Crippen LogP contribution in [0.3, 0.4) is 0 Å². The number of amides is 1. The molecule has 0 bridgehead atoms. The molecule has 4 heteroatoms. The second-order valence-corrected chi connectivity index (χ2v) is 6.59. The minimum absolute atomic E-state index is 0.228. The molecule has 1 unspecified atom stereocenters. The van der Waals surface area contributed by atoms with E-state index in [0.717, 1.165) is 24.3 Å². The van der Waals surface area contributed by atoms with E-state index >= 15 is 0 Å². The van der Waals surface area contributed by atoms with E-state index in [2.05, 4.69) is 24.0 Å². The van der Waals surface area contributed by atoms with Crippen LogP contribution in [0.5, 0.6) is 0 Å². The van der Waals surface area contributed by atoms with E-state index in [4.69, 9.17) is 0 Å². The van der Waals surface area contributed by atoms with Gasteiger partial charge in [-0.3, -0.25) is 9.78 Å². The van der Waals surface area contributed by atoms with Gasteiger partial charge in [0.1, 0.15) is 0 Å². The number of thiophene rings is 1. The van der Waals surface area contributed by atoms with Crippen molar-refractivity contribution in [2.24, 2.45) is 0 Å². The molecule has 104 valence electrons. The van der Waals surface area contributed by atoms with Crippen molar-refractivity contribution in [1.82, 2.24) is 9.88 Å². The lowest BCUT2D eigenvalue weighted by Crippen LogP contribution is -2.31. The summed E-state index contributed by atoms with van der Waals surface area (Å²) in [7, 11) is 0. The number of carbonyl (C=O) groups excluding carboxylic acids is 1.